The zero-order valence-electron chi connectivity index (χ0n) is 17.0. The van der Waals surface area contributed by atoms with Crippen LogP contribution in [0.15, 0.2) is 47.4 Å². The van der Waals surface area contributed by atoms with Gasteiger partial charge in [0.05, 0.1) is 6.61 Å². The minimum absolute atomic E-state index is 0.110. The van der Waals surface area contributed by atoms with Gasteiger partial charge in [0.1, 0.15) is 10.6 Å². The van der Waals surface area contributed by atoms with Crippen molar-refractivity contribution in [1.29, 1.82) is 0 Å². The normalized spacial score (nSPS) is 11.8. The largest absolute Gasteiger partial charge is 0.492 e. The lowest BCUT2D eigenvalue weighted by molar-refractivity contribution is -0.114. The number of hydrogen-bond acceptors (Lipinski definition) is 4. The number of benzene rings is 2. The van der Waals surface area contributed by atoms with Crippen molar-refractivity contribution >= 4 is 27.3 Å². The quantitative estimate of drug-likeness (QED) is 0.710. The molecule has 0 atom stereocenters. The van der Waals surface area contributed by atoms with Crippen molar-refractivity contribution in [2.75, 3.05) is 16.6 Å². The number of anilines is 2. The molecule has 0 aromatic heterocycles. The fourth-order valence-corrected chi connectivity index (χ4v) is 3.78. The van der Waals surface area contributed by atoms with Crippen LogP contribution in [0.3, 0.4) is 0 Å². The number of ether oxygens (including phenoxy) is 1. The van der Waals surface area contributed by atoms with Crippen LogP contribution in [0.4, 0.5) is 11.4 Å². The van der Waals surface area contributed by atoms with E-state index in [0.717, 1.165) is 12.0 Å². The van der Waals surface area contributed by atoms with Crippen LogP contribution >= 0.6 is 0 Å². The van der Waals surface area contributed by atoms with Crippen LogP contribution in [0.25, 0.3) is 0 Å². The Hall–Kier alpha value is -2.54. The summed E-state index contributed by atoms with van der Waals surface area (Å²) >= 11 is 0. The molecule has 0 bridgehead atoms. The van der Waals surface area contributed by atoms with Gasteiger partial charge in [0.25, 0.3) is 10.0 Å². The molecule has 0 radical (unpaired) electrons. The first-order valence-corrected chi connectivity index (χ1v) is 10.7. The van der Waals surface area contributed by atoms with Crippen molar-refractivity contribution in [1.82, 2.24) is 0 Å². The summed E-state index contributed by atoms with van der Waals surface area (Å²) in [6.45, 7) is 9.89. The Labute approximate surface area is 167 Å². The maximum atomic E-state index is 13.1. The molecule has 2 N–H and O–H groups in total. The van der Waals surface area contributed by atoms with Gasteiger partial charge in [-0.15, -0.1) is 0 Å². The first kappa shape index (κ1) is 21.8. The van der Waals surface area contributed by atoms with Gasteiger partial charge in [-0.3, -0.25) is 9.52 Å². The molecule has 0 fully saturated rings. The Morgan fingerprint density at radius 3 is 2.18 bits per heavy atom. The molecule has 0 heterocycles. The summed E-state index contributed by atoms with van der Waals surface area (Å²) in [6, 6.07) is 11.8. The Balaban J connectivity index is 2.38. The molecule has 0 aliphatic carbocycles. The zero-order chi connectivity index (χ0) is 20.9. The molecule has 1 amide bonds. The average molecular weight is 405 g/mol. The summed E-state index contributed by atoms with van der Waals surface area (Å²) in [5.74, 6) is 0.141. The molecule has 2 aromatic rings. The molecule has 0 unspecified atom stereocenters. The van der Waals surface area contributed by atoms with E-state index in [2.05, 4.69) is 10.0 Å². The van der Waals surface area contributed by atoms with Crippen molar-refractivity contribution in [2.24, 2.45) is 0 Å². The standard InChI is InChI=1S/C21H28N2O4S/c1-6-13-27-19-12-7-16(21(3,4)5)14-20(19)28(25,26)23-18-10-8-17(9-11-18)22-15(2)24/h7-12,14,23H,6,13H2,1-5H3,(H,22,24). The molecular formula is C21H28N2O4S. The molecule has 2 rings (SSSR count). The molecule has 0 aliphatic heterocycles. The van der Waals surface area contributed by atoms with E-state index >= 15 is 0 Å². The lowest BCUT2D eigenvalue weighted by Crippen LogP contribution is -2.17. The van der Waals surface area contributed by atoms with E-state index in [1.54, 1.807) is 36.4 Å². The minimum atomic E-state index is -3.86. The highest BCUT2D eigenvalue weighted by molar-refractivity contribution is 7.92. The van der Waals surface area contributed by atoms with Gasteiger partial charge in [0.15, 0.2) is 0 Å². The van der Waals surface area contributed by atoms with E-state index in [4.69, 9.17) is 4.74 Å². The van der Waals surface area contributed by atoms with Crippen LogP contribution in [-0.4, -0.2) is 20.9 Å². The van der Waals surface area contributed by atoms with E-state index in [1.807, 2.05) is 33.8 Å². The molecule has 0 saturated carbocycles. The van der Waals surface area contributed by atoms with Crippen molar-refractivity contribution in [3.8, 4) is 5.75 Å². The van der Waals surface area contributed by atoms with Gasteiger partial charge in [-0.05, 0) is 53.8 Å². The van der Waals surface area contributed by atoms with Gasteiger partial charge in [0, 0.05) is 18.3 Å². The molecule has 152 valence electrons. The van der Waals surface area contributed by atoms with Crippen LogP contribution in [0.2, 0.25) is 0 Å². The second-order valence-corrected chi connectivity index (χ2v) is 9.27. The summed E-state index contributed by atoms with van der Waals surface area (Å²) < 4.78 is 34.4. The Kier molecular flexibility index (Phi) is 6.72. The number of sulfonamides is 1. The maximum Gasteiger partial charge on any atom is 0.265 e. The first-order valence-electron chi connectivity index (χ1n) is 9.21. The number of amides is 1. The lowest BCUT2D eigenvalue weighted by atomic mass is 9.87. The predicted octanol–water partition coefficient (Wildman–Crippen LogP) is 4.53. The highest BCUT2D eigenvalue weighted by Crippen LogP contribution is 2.32. The highest BCUT2D eigenvalue weighted by Gasteiger charge is 2.24. The fourth-order valence-electron chi connectivity index (χ4n) is 2.55. The number of hydrogen-bond donors (Lipinski definition) is 2. The SMILES string of the molecule is CCCOc1ccc(C(C)(C)C)cc1S(=O)(=O)Nc1ccc(NC(C)=O)cc1. The van der Waals surface area contributed by atoms with E-state index in [-0.39, 0.29) is 16.2 Å². The molecule has 2 aromatic carbocycles. The van der Waals surface area contributed by atoms with E-state index < -0.39 is 10.0 Å². The minimum Gasteiger partial charge on any atom is -0.492 e. The van der Waals surface area contributed by atoms with E-state index in [9.17, 15) is 13.2 Å². The summed E-state index contributed by atoms with van der Waals surface area (Å²) in [5.41, 5.74) is 1.69. The third-order valence-electron chi connectivity index (χ3n) is 4.02. The summed E-state index contributed by atoms with van der Waals surface area (Å²) in [7, 11) is -3.86. The Morgan fingerprint density at radius 1 is 1.04 bits per heavy atom. The number of carbonyl (C=O) groups excluding carboxylic acids is 1. The number of rotatable bonds is 7. The number of carbonyl (C=O) groups is 1. The predicted molar refractivity (Wildman–Crippen MR) is 112 cm³/mol. The average Bonchev–Trinajstić information content (AvgIpc) is 2.60. The Bertz CT molecular complexity index is 930. The second-order valence-electron chi connectivity index (χ2n) is 7.62. The Morgan fingerprint density at radius 2 is 1.64 bits per heavy atom. The third kappa shape index (κ3) is 5.73. The summed E-state index contributed by atoms with van der Waals surface area (Å²) in [6.07, 6.45) is 0.776. The molecular weight excluding hydrogens is 376 g/mol. The van der Waals surface area contributed by atoms with Crippen molar-refractivity contribution in [2.45, 2.75) is 51.3 Å². The van der Waals surface area contributed by atoms with Gasteiger partial charge in [-0.25, -0.2) is 8.42 Å². The van der Waals surface area contributed by atoms with Crippen LogP contribution in [0.5, 0.6) is 5.75 Å². The molecule has 0 aliphatic rings. The van der Waals surface area contributed by atoms with Gasteiger partial charge in [0.2, 0.25) is 5.91 Å². The summed E-state index contributed by atoms with van der Waals surface area (Å²) in [5, 5.41) is 2.65. The van der Waals surface area contributed by atoms with E-state index in [0.29, 0.717) is 23.7 Å². The van der Waals surface area contributed by atoms with Crippen molar-refractivity contribution in [3.05, 3.63) is 48.0 Å². The van der Waals surface area contributed by atoms with E-state index in [1.165, 1.54) is 6.92 Å². The van der Waals surface area contributed by atoms with Crippen molar-refractivity contribution in [3.63, 3.8) is 0 Å². The maximum absolute atomic E-state index is 13.1. The monoisotopic (exact) mass is 404 g/mol. The van der Waals surface area contributed by atoms with Gasteiger partial charge in [-0.2, -0.15) is 0 Å². The highest BCUT2D eigenvalue weighted by atomic mass is 32.2. The summed E-state index contributed by atoms with van der Waals surface area (Å²) in [4.78, 5) is 11.2. The smallest absolute Gasteiger partial charge is 0.265 e. The van der Waals surface area contributed by atoms with Crippen LogP contribution in [0.1, 0.15) is 46.6 Å². The third-order valence-corrected chi connectivity index (χ3v) is 5.42. The second kappa shape index (κ2) is 8.65. The lowest BCUT2D eigenvalue weighted by Gasteiger charge is -2.21. The molecule has 6 nitrogen and oxygen atoms in total. The van der Waals surface area contributed by atoms with Gasteiger partial charge in [-0.1, -0.05) is 33.8 Å². The molecule has 7 heteroatoms. The first-order chi connectivity index (χ1) is 13.0. The van der Waals surface area contributed by atoms with Crippen LogP contribution < -0.4 is 14.8 Å². The topological polar surface area (TPSA) is 84.5 Å². The van der Waals surface area contributed by atoms with Crippen LogP contribution in [0, 0.1) is 0 Å². The zero-order valence-corrected chi connectivity index (χ0v) is 17.8. The van der Waals surface area contributed by atoms with Gasteiger partial charge >= 0.3 is 0 Å². The molecule has 28 heavy (non-hydrogen) atoms. The molecule has 0 spiro atoms. The molecule has 0 saturated heterocycles. The number of nitrogens with one attached hydrogen (secondary N) is 2. The van der Waals surface area contributed by atoms with Crippen molar-refractivity contribution < 1.29 is 17.9 Å². The fraction of sp³-hybridized carbons (Fsp3) is 0.381. The van der Waals surface area contributed by atoms with Gasteiger partial charge < -0.3 is 10.1 Å². The van der Waals surface area contributed by atoms with Crippen LogP contribution in [-0.2, 0) is 20.2 Å².